The zero-order chi connectivity index (χ0) is 13.0. The monoisotopic (exact) mass is 241 g/mol. The van der Waals surface area contributed by atoms with Gasteiger partial charge in [-0.2, -0.15) is 0 Å². The molecule has 0 radical (unpaired) electrons. The Morgan fingerprint density at radius 2 is 1.89 bits per heavy atom. The van der Waals surface area contributed by atoms with E-state index in [0.717, 1.165) is 11.3 Å². The van der Waals surface area contributed by atoms with Crippen LogP contribution in [0.5, 0.6) is 5.75 Å². The molecule has 2 N–H and O–H groups in total. The second-order valence-electron chi connectivity index (χ2n) is 4.57. The van der Waals surface area contributed by atoms with Crippen LogP contribution in [0.25, 0.3) is 0 Å². The number of rotatable bonds is 4. The number of benzene rings is 2. The molecule has 0 amide bonds. The van der Waals surface area contributed by atoms with Crippen LogP contribution in [0, 0.1) is 13.8 Å². The Balaban J connectivity index is 2.08. The molecule has 0 aromatic heterocycles. The van der Waals surface area contributed by atoms with Gasteiger partial charge in [-0.3, -0.25) is 0 Å². The maximum atomic E-state index is 5.81. The van der Waals surface area contributed by atoms with Crippen LogP contribution in [-0.2, 0) is 13.2 Å². The van der Waals surface area contributed by atoms with Crippen LogP contribution in [0.1, 0.15) is 22.3 Å². The van der Waals surface area contributed by atoms with Crippen molar-refractivity contribution in [2.75, 3.05) is 0 Å². The normalized spacial score (nSPS) is 10.4. The SMILES string of the molecule is Cc1ccc(C)c(COc2cccc(CN)c2)c1. The summed E-state index contributed by atoms with van der Waals surface area (Å²) in [5.74, 6) is 0.874. The van der Waals surface area contributed by atoms with Gasteiger partial charge in [0.05, 0.1) is 0 Å². The first-order valence-corrected chi connectivity index (χ1v) is 6.17. The summed E-state index contributed by atoms with van der Waals surface area (Å²) in [6.45, 7) is 5.34. The Bertz CT molecular complexity index is 534. The van der Waals surface area contributed by atoms with Crippen LogP contribution in [0.3, 0.4) is 0 Å². The van der Waals surface area contributed by atoms with Crippen molar-refractivity contribution < 1.29 is 4.74 Å². The van der Waals surface area contributed by atoms with Crippen molar-refractivity contribution in [1.29, 1.82) is 0 Å². The summed E-state index contributed by atoms with van der Waals surface area (Å²) in [7, 11) is 0. The topological polar surface area (TPSA) is 35.2 Å². The van der Waals surface area contributed by atoms with E-state index in [1.807, 2.05) is 24.3 Å². The highest BCUT2D eigenvalue weighted by molar-refractivity contribution is 5.32. The summed E-state index contributed by atoms with van der Waals surface area (Å²) < 4.78 is 5.81. The molecule has 0 aliphatic carbocycles. The smallest absolute Gasteiger partial charge is 0.120 e. The Labute approximate surface area is 108 Å². The molecule has 0 heterocycles. The lowest BCUT2D eigenvalue weighted by Gasteiger charge is -2.10. The Morgan fingerprint density at radius 1 is 1.06 bits per heavy atom. The Morgan fingerprint density at radius 3 is 2.67 bits per heavy atom. The fourth-order valence-corrected chi connectivity index (χ4v) is 1.88. The number of aryl methyl sites for hydroxylation is 2. The fourth-order valence-electron chi connectivity index (χ4n) is 1.88. The van der Waals surface area contributed by atoms with E-state index in [1.165, 1.54) is 16.7 Å². The molecule has 2 heteroatoms. The third-order valence-corrected chi connectivity index (χ3v) is 3.03. The first-order valence-electron chi connectivity index (χ1n) is 6.17. The van der Waals surface area contributed by atoms with Crippen molar-refractivity contribution >= 4 is 0 Å². The molecule has 2 rings (SSSR count). The van der Waals surface area contributed by atoms with Gasteiger partial charge in [-0.25, -0.2) is 0 Å². The van der Waals surface area contributed by atoms with E-state index in [4.69, 9.17) is 10.5 Å². The number of nitrogens with two attached hydrogens (primary N) is 1. The summed E-state index contributed by atoms with van der Waals surface area (Å²) >= 11 is 0. The van der Waals surface area contributed by atoms with Crippen LogP contribution in [0.2, 0.25) is 0 Å². The first kappa shape index (κ1) is 12.7. The van der Waals surface area contributed by atoms with Crippen LogP contribution in [0.15, 0.2) is 42.5 Å². The highest BCUT2D eigenvalue weighted by Crippen LogP contribution is 2.17. The average molecular weight is 241 g/mol. The molecule has 94 valence electrons. The molecule has 0 atom stereocenters. The Kier molecular flexibility index (Phi) is 4.00. The third-order valence-electron chi connectivity index (χ3n) is 3.03. The zero-order valence-corrected chi connectivity index (χ0v) is 10.9. The van der Waals surface area contributed by atoms with Crippen molar-refractivity contribution in [3.8, 4) is 5.75 Å². The van der Waals surface area contributed by atoms with Gasteiger partial charge in [0.2, 0.25) is 0 Å². The van der Waals surface area contributed by atoms with Crippen LogP contribution in [-0.4, -0.2) is 0 Å². The lowest BCUT2D eigenvalue weighted by Crippen LogP contribution is -2.00. The average Bonchev–Trinajstić information content (AvgIpc) is 2.40. The van der Waals surface area contributed by atoms with E-state index >= 15 is 0 Å². The van der Waals surface area contributed by atoms with Crippen LogP contribution < -0.4 is 10.5 Å². The van der Waals surface area contributed by atoms with E-state index in [1.54, 1.807) is 0 Å². The molecular formula is C16H19NO. The molecule has 0 aliphatic heterocycles. The fraction of sp³-hybridized carbons (Fsp3) is 0.250. The van der Waals surface area contributed by atoms with Gasteiger partial charge < -0.3 is 10.5 Å². The van der Waals surface area contributed by atoms with Crippen molar-refractivity contribution in [3.63, 3.8) is 0 Å². The molecule has 0 bridgehead atoms. The van der Waals surface area contributed by atoms with Gasteiger partial charge in [0.15, 0.2) is 0 Å². The van der Waals surface area contributed by atoms with Gasteiger partial charge in [0.1, 0.15) is 12.4 Å². The minimum atomic E-state index is 0.542. The summed E-state index contributed by atoms with van der Waals surface area (Å²) in [5.41, 5.74) is 10.5. The molecule has 2 aromatic carbocycles. The molecule has 0 saturated carbocycles. The molecule has 0 unspecified atom stereocenters. The molecular weight excluding hydrogens is 222 g/mol. The van der Waals surface area contributed by atoms with Crippen LogP contribution in [0.4, 0.5) is 0 Å². The summed E-state index contributed by atoms with van der Waals surface area (Å²) in [6, 6.07) is 14.3. The Hall–Kier alpha value is -1.80. The highest BCUT2D eigenvalue weighted by atomic mass is 16.5. The molecule has 18 heavy (non-hydrogen) atoms. The molecule has 2 nitrogen and oxygen atoms in total. The van der Waals surface area contributed by atoms with E-state index in [9.17, 15) is 0 Å². The summed E-state index contributed by atoms with van der Waals surface area (Å²) in [5, 5.41) is 0. The molecule has 0 spiro atoms. The second-order valence-corrected chi connectivity index (χ2v) is 4.57. The van der Waals surface area contributed by atoms with E-state index in [2.05, 4.69) is 32.0 Å². The van der Waals surface area contributed by atoms with Gasteiger partial charge in [0.25, 0.3) is 0 Å². The highest BCUT2D eigenvalue weighted by Gasteiger charge is 2.01. The van der Waals surface area contributed by atoms with E-state index in [-0.39, 0.29) is 0 Å². The van der Waals surface area contributed by atoms with Gasteiger partial charge >= 0.3 is 0 Å². The minimum Gasteiger partial charge on any atom is -0.489 e. The maximum absolute atomic E-state index is 5.81. The largest absolute Gasteiger partial charge is 0.489 e. The lowest BCUT2D eigenvalue weighted by atomic mass is 10.1. The summed E-state index contributed by atoms with van der Waals surface area (Å²) in [4.78, 5) is 0. The number of hydrogen-bond acceptors (Lipinski definition) is 2. The standard InChI is InChI=1S/C16H19NO/c1-12-6-7-13(2)15(8-12)11-18-16-5-3-4-14(9-16)10-17/h3-9H,10-11,17H2,1-2H3. The van der Waals surface area contributed by atoms with Gasteiger partial charge in [-0.05, 0) is 42.7 Å². The van der Waals surface area contributed by atoms with Gasteiger partial charge in [-0.1, -0.05) is 35.9 Å². The number of ether oxygens (including phenoxy) is 1. The van der Waals surface area contributed by atoms with Crippen molar-refractivity contribution in [3.05, 3.63) is 64.7 Å². The predicted octanol–water partition coefficient (Wildman–Crippen LogP) is 3.34. The minimum absolute atomic E-state index is 0.542. The zero-order valence-electron chi connectivity index (χ0n) is 10.9. The van der Waals surface area contributed by atoms with Crippen molar-refractivity contribution in [1.82, 2.24) is 0 Å². The van der Waals surface area contributed by atoms with Crippen LogP contribution >= 0.6 is 0 Å². The molecule has 0 saturated heterocycles. The van der Waals surface area contributed by atoms with E-state index in [0.29, 0.717) is 13.2 Å². The van der Waals surface area contributed by atoms with Crippen molar-refractivity contribution in [2.24, 2.45) is 5.73 Å². The summed E-state index contributed by atoms with van der Waals surface area (Å²) in [6.07, 6.45) is 0. The van der Waals surface area contributed by atoms with Crippen molar-refractivity contribution in [2.45, 2.75) is 27.0 Å². The van der Waals surface area contributed by atoms with Gasteiger partial charge in [-0.15, -0.1) is 0 Å². The third kappa shape index (κ3) is 3.11. The lowest BCUT2D eigenvalue weighted by molar-refractivity contribution is 0.305. The molecule has 0 aliphatic rings. The second kappa shape index (κ2) is 5.69. The molecule has 2 aromatic rings. The maximum Gasteiger partial charge on any atom is 0.120 e. The quantitative estimate of drug-likeness (QED) is 0.891. The first-order chi connectivity index (χ1) is 8.69. The number of hydrogen-bond donors (Lipinski definition) is 1. The predicted molar refractivity (Wildman–Crippen MR) is 74.6 cm³/mol. The van der Waals surface area contributed by atoms with E-state index < -0.39 is 0 Å². The molecule has 0 fully saturated rings. The van der Waals surface area contributed by atoms with Gasteiger partial charge in [0, 0.05) is 6.54 Å².